The van der Waals surface area contributed by atoms with E-state index in [2.05, 4.69) is 6.92 Å². The zero-order chi connectivity index (χ0) is 14.9. The van der Waals surface area contributed by atoms with Gasteiger partial charge in [0.1, 0.15) is 5.60 Å². The Labute approximate surface area is 120 Å². The molecule has 0 aromatic heterocycles. The SMILES string of the molecule is CCCCCCSON(C(C)=O)C(=O)OC(C)(C)C. The van der Waals surface area contributed by atoms with Gasteiger partial charge in [-0.2, -0.15) is 4.28 Å². The molecule has 0 unspecified atom stereocenters. The van der Waals surface area contributed by atoms with Crippen molar-refractivity contribution in [2.24, 2.45) is 0 Å². The molecule has 0 heterocycles. The van der Waals surface area contributed by atoms with Gasteiger partial charge in [-0.05, 0) is 27.2 Å². The standard InChI is InChI=1S/C13H25NO4S/c1-6-7-8-9-10-19-18-14(11(2)15)12(16)17-13(3,4)5/h6-10H2,1-5H3. The lowest BCUT2D eigenvalue weighted by Gasteiger charge is -2.23. The first kappa shape index (κ1) is 18.2. The summed E-state index contributed by atoms with van der Waals surface area (Å²) in [5, 5.41) is 0.662. The van der Waals surface area contributed by atoms with Crippen molar-refractivity contribution in [3.8, 4) is 0 Å². The third-order valence-corrected chi connectivity index (χ3v) is 2.76. The van der Waals surface area contributed by atoms with Gasteiger partial charge >= 0.3 is 6.09 Å². The predicted octanol–water partition coefficient (Wildman–Crippen LogP) is 3.93. The molecule has 0 radical (unpaired) electrons. The molecule has 0 aliphatic rings. The Morgan fingerprint density at radius 3 is 2.26 bits per heavy atom. The maximum atomic E-state index is 11.7. The number of nitrogens with zero attached hydrogens (tertiary/aromatic N) is 1. The molecule has 0 aliphatic heterocycles. The lowest BCUT2D eigenvalue weighted by Crippen LogP contribution is -2.38. The quantitative estimate of drug-likeness (QED) is 0.404. The van der Waals surface area contributed by atoms with Gasteiger partial charge in [0.2, 0.25) is 0 Å². The average Bonchev–Trinajstić information content (AvgIpc) is 2.24. The summed E-state index contributed by atoms with van der Waals surface area (Å²) in [5.74, 6) is 0.252. The first-order chi connectivity index (χ1) is 8.78. The molecule has 112 valence electrons. The van der Waals surface area contributed by atoms with Crippen LogP contribution in [-0.4, -0.2) is 28.4 Å². The topological polar surface area (TPSA) is 55.8 Å². The van der Waals surface area contributed by atoms with Crippen molar-refractivity contribution in [1.29, 1.82) is 0 Å². The highest BCUT2D eigenvalue weighted by molar-refractivity contribution is 7.94. The van der Waals surface area contributed by atoms with E-state index in [1.807, 2.05) is 0 Å². The van der Waals surface area contributed by atoms with Crippen LogP contribution in [0.2, 0.25) is 0 Å². The highest BCUT2D eigenvalue weighted by Gasteiger charge is 2.26. The van der Waals surface area contributed by atoms with Crippen molar-refractivity contribution in [1.82, 2.24) is 5.06 Å². The zero-order valence-corrected chi connectivity index (χ0v) is 13.3. The molecule has 0 atom stereocenters. The van der Waals surface area contributed by atoms with Crippen LogP contribution < -0.4 is 0 Å². The summed E-state index contributed by atoms with van der Waals surface area (Å²) in [6, 6.07) is 0. The second-order valence-corrected chi connectivity index (χ2v) is 6.04. The van der Waals surface area contributed by atoms with E-state index < -0.39 is 17.6 Å². The summed E-state index contributed by atoms with van der Waals surface area (Å²) in [7, 11) is 0. The third kappa shape index (κ3) is 9.78. The lowest BCUT2D eigenvalue weighted by atomic mass is 10.2. The highest BCUT2D eigenvalue weighted by Crippen LogP contribution is 2.15. The van der Waals surface area contributed by atoms with Crippen molar-refractivity contribution in [3.63, 3.8) is 0 Å². The van der Waals surface area contributed by atoms with Gasteiger partial charge in [-0.3, -0.25) is 4.79 Å². The Morgan fingerprint density at radius 1 is 1.16 bits per heavy atom. The number of amides is 2. The summed E-state index contributed by atoms with van der Waals surface area (Å²) >= 11 is 1.10. The van der Waals surface area contributed by atoms with Crippen LogP contribution in [0, 0.1) is 0 Å². The molecule has 6 heteroatoms. The van der Waals surface area contributed by atoms with Gasteiger partial charge < -0.3 is 4.74 Å². The number of rotatable bonds is 7. The van der Waals surface area contributed by atoms with Crippen molar-refractivity contribution in [3.05, 3.63) is 0 Å². The Bertz CT molecular complexity index is 289. The molecule has 0 aromatic rings. The molecular weight excluding hydrogens is 266 g/mol. The second kappa shape index (κ2) is 9.20. The van der Waals surface area contributed by atoms with Crippen LogP contribution in [0.1, 0.15) is 60.3 Å². The maximum absolute atomic E-state index is 11.7. The fourth-order valence-corrected chi connectivity index (χ4v) is 1.86. The van der Waals surface area contributed by atoms with E-state index in [0.717, 1.165) is 30.6 Å². The summed E-state index contributed by atoms with van der Waals surface area (Å²) in [6.07, 6.45) is 3.70. The van der Waals surface area contributed by atoms with Crippen molar-refractivity contribution in [2.75, 3.05) is 5.75 Å². The Balaban J connectivity index is 4.06. The number of carbonyl (C=O) groups is 2. The number of ether oxygens (including phenoxy) is 1. The minimum absolute atomic E-state index is 0.490. The van der Waals surface area contributed by atoms with Crippen LogP contribution >= 0.6 is 12.0 Å². The molecule has 0 fully saturated rings. The molecular formula is C13H25NO4S. The van der Waals surface area contributed by atoms with E-state index in [4.69, 9.17) is 9.02 Å². The molecule has 0 rings (SSSR count). The molecule has 0 aromatic carbocycles. The van der Waals surface area contributed by atoms with Gasteiger partial charge in [0.05, 0.1) is 0 Å². The average molecular weight is 291 g/mol. The molecule has 0 bridgehead atoms. The molecule has 19 heavy (non-hydrogen) atoms. The van der Waals surface area contributed by atoms with Crippen LogP contribution in [0.25, 0.3) is 0 Å². The van der Waals surface area contributed by atoms with Crippen LogP contribution in [0.15, 0.2) is 0 Å². The summed E-state index contributed by atoms with van der Waals surface area (Å²) < 4.78 is 10.2. The minimum atomic E-state index is -0.777. The highest BCUT2D eigenvalue weighted by atomic mass is 32.2. The van der Waals surface area contributed by atoms with Crippen molar-refractivity contribution < 1.29 is 18.6 Å². The van der Waals surface area contributed by atoms with Gasteiger partial charge in [-0.1, -0.05) is 26.2 Å². The Hall–Kier alpha value is -0.750. The molecule has 0 N–H and O–H groups in total. The zero-order valence-electron chi connectivity index (χ0n) is 12.5. The van der Waals surface area contributed by atoms with Crippen LogP contribution in [0.3, 0.4) is 0 Å². The Kier molecular flexibility index (Phi) is 8.84. The largest absolute Gasteiger partial charge is 0.442 e. The minimum Gasteiger partial charge on any atom is -0.442 e. The molecule has 0 aliphatic carbocycles. The number of hydrogen-bond acceptors (Lipinski definition) is 5. The van der Waals surface area contributed by atoms with Gasteiger partial charge in [0, 0.05) is 24.7 Å². The monoisotopic (exact) mass is 291 g/mol. The summed E-state index contributed by atoms with van der Waals surface area (Å²) in [4.78, 5) is 23.0. The normalized spacial score (nSPS) is 11.2. The van der Waals surface area contributed by atoms with Crippen LogP contribution in [0.4, 0.5) is 4.79 Å². The molecule has 0 spiro atoms. The van der Waals surface area contributed by atoms with Gasteiger partial charge in [0.25, 0.3) is 5.91 Å². The van der Waals surface area contributed by atoms with Crippen molar-refractivity contribution in [2.45, 2.75) is 65.9 Å². The van der Waals surface area contributed by atoms with E-state index in [1.54, 1.807) is 20.8 Å². The number of imide groups is 1. The summed E-state index contributed by atoms with van der Waals surface area (Å²) in [6.45, 7) is 8.62. The fourth-order valence-electron chi connectivity index (χ4n) is 1.19. The van der Waals surface area contributed by atoms with Crippen LogP contribution in [-0.2, 0) is 13.8 Å². The molecule has 0 saturated heterocycles. The third-order valence-electron chi connectivity index (χ3n) is 2.05. The molecule has 0 saturated carbocycles. The molecule has 2 amide bonds. The van der Waals surface area contributed by atoms with E-state index in [9.17, 15) is 9.59 Å². The second-order valence-electron chi connectivity index (χ2n) is 5.25. The Morgan fingerprint density at radius 2 is 1.79 bits per heavy atom. The number of hydroxylamine groups is 2. The van der Waals surface area contributed by atoms with Gasteiger partial charge in [-0.15, -0.1) is 5.06 Å². The lowest BCUT2D eigenvalue weighted by molar-refractivity contribution is -0.148. The van der Waals surface area contributed by atoms with E-state index in [0.29, 0.717) is 5.06 Å². The van der Waals surface area contributed by atoms with Gasteiger partial charge in [0.15, 0.2) is 0 Å². The summed E-state index contributed by atoms with van der Waals surface area (Å²) in [5.41, 5.74) is -0.653. The first-order valence-electron chi connectivity index (χ1n) is 6.61. The van der Waals surface area contributed by atoms with Crippen LogP contribution in [0.5, 0.6) is 0 Å². The predicted molar refractivity (Wildman–Crippen MR) is 76.4 cm³/mol. The molecule has 5 nitrogen and oxygen atoms in total. The number of unbranched alkanes of at least 4 members (excludes halogenated alkanes) is 3. The number of hydrogen-bond donors (Lipinski definition) is 0. The van der Waals surface area contributed by atoms with Gasteiger partial charge in [-0.25, -0.2) is 4.79 Å². The number of carbonyl (C=O) groups excluding carboxylic acids is 2. The smallest absolute Gasteiger partial charge is 0.442 e. The van der Waals surface area contributed by atoms with E-state index in [-0.39, 0.29) is 0 Å². The fraction of sp³-hybridized carbons (Fsp3) is 0.846. The first-order valence-corrected chi connectivity index (χ1v) is 7.52. The van der Waals surface area contributed by atoms with E-state index in [1.165, 1.54) is 19.8 Å². The van der Waals surface area contributed by atoms with Crippen molar-refractivity contribution >= 4 is 24.0 Å². The maximum Gasteiger partial charge on any atom is 0.442 e. The van der Waals surface area contributed by atoms with E-state index >= 15 is 0 Å².